The smallest absolute Gasteiger partial charge is 0.258 e. The highest BCUT2D eigenvalue weighted by Crippen LogP contribution is 2.26. The van der Waals surface area contributed by atoms with Crippen LogP contribution in [0.5, 0.6) is 0 Å². The van der Waals surface area contributed by atoms with Gasteiger partial charge in [-0.3, -0.25) is 9.59 Å². The molecular weight excluding hydrogens is 302 g/mol. The Hall–Kier alpha value is -3.08. The van der Waals surface area contributed by atoms with Gasteiger partial charge < -0.3 is 15.2 Å². The molecule has 1 aromatic heterocycles. The normalized spacial score (nSPS) is 10.6. The number of carbonyl (C=O) groups is 2. The van der Waals surface area contributed by atoms with Gasteiger partial charge in [-0.1, -0.05) is 24.3 Å². The second-order valence-electron chi connectivity index (χ2n) is 5.75. The van der Waals surface area contributed by atoms with Crippen LogP contribution in [0.25, 0.3) is 10.9 Å². The van der Waals surface area contributed by atoms with E-state index in [1.165, 1.54) is 6.92 Å². The number of para-hydroxylation sites is 1. The Kier molecular flexibility index (Phi) is 4.08. The van der Waals surface area contributed by atoms with Crippen LogP contribution in [0.15, 0.2) is 48.5 Å². The number of rotatable bonds is 3. The summed E-state index contributed by atoms with van der Waals surface area (Å²) in [6.45, 7) is 3.38. The lowest BCUT2D eigenvalue weighted by Gasteiger charge is -2.08. The Morgan fingerprint density at radius 1 is 0.958 bits per heavy atom. The van der Waals surface area contributed by atoms with Gasteiger partial charge in [-0.05, 0) is 31.2 Å². The van der Waals surface area contributed by atoms with Crippen molar-refractivity contribution < 1.29 is 9.59 Å². The topological polar surface area (TPSA) is 63.1 Å². The molecule has 5 heteroatoms. The summed E-state index contributed by atoms with van der Waals surface area (Å²) >= 11 is 0. The number of amides is 2. The number of aryl methyl sites for hydroxylation is 1. The molecule has 0 fully saturated rings. The van der Waals surface area contributed by atoms with Crippen LogP contribution < -0.4 is 10.6 Å². The van der Waals surface area contributed by atoms with Crippen molar-refractivity contribution in [3.63, 3.8) is 0 Å². The molecule has 0 atom stereocenters. The summed E-state index contributed by atoms with van der Waals surface area (Å²) in [5.74, 6) is -0.312. The summed E-state index contributed by atoms with van der Waals surface area (Å²) < 4.78 is 2.01. The first-order chi connectivity index (χ1) is 11.5. The zero-order valence-corrected chi connectivity index (χ0v) is 13.9. The fourth-order valence-electron chi connectivity index (χ4n) is 2.88. The molecule has 2 N–H and O–H groups in total. The lowest BCUT2D eigenvalue weighted by atomic mass is 10.1. The molecule has 0 aliphatic rings. The van der Waals surface area contributed by atoms with E-state index in [1.807, 2.05) is 42.8 Å². The molecule has 1 heterocycles. The highest BCUT2D eigenvalue weighted by molar-refractivity contribution is 6.14. The Bertz CT molecular complexity index is 941. The second kappa shape index (κ2) is 6.20. The van der Waals surface area contributed by atoms with Gasteiger partial charge in [0.15, 0.2) is 0 Å². The number of anilines is 2. The van der Waals surface area contributed by atoms with Crippen molar-refractivity contribution in [1.29, 1.82) is 0 Å². The molecule has 0 unspecified atom stereocenters. The molecule has 24 heavy (non-hydrogen) atoms. The lowest BCUT2D eigenvalue weighted by molar-refractivity contribution is -0.114. The molecule has 0 aliphatic heterocycles. The Balaban J connectivity index is 1.94. The van der Waals surface area contributed by atoms with E-state index in [9.17, 15) is 9.59 Å². The molecule has 0 saturated carbocycles. The van der Waals surface area contributed by atoms with Crippen molar-refractivity contribution in [1.82, 2.24) is 4.57 Å². The average Bonchev–Trinajstić information content (AvgIpc) is 2.79. The molecule has 0 radical (unpaired) electrons. The zero-order chi connectivity index (χ0) is 17.3. The minimum absolute atomic E-state index is 0.150. The van der Waals surface area contributed by atoms with Crippen molar-refractivity contribution in [3.05, 3.63) is 59.8 Å². The Labute approximate surface area is 140 Å². The van der Waals surface area contributed by atoms with E-state index < -0.39 is 0 Å². The third kappa shape index (κ3) is 2.88. The largest absolute Gasteiger partial charge is 0.347 e. The van der Waals surface area contributed by atoms with Gasteiger partial charge in [0, 0.05) is 41.9 Å². The van der Waals surface area contributed by atoms with Gasteiger partial charge >= 0.3 is 0 Å². The third-order valence-corrected chi connectivity index (χ3v) is 4.07. The third-order valence-electron chi connectivity index (χ3n) is 4.07. The number of fused-ring (bicyclic) bond motifs is 1. The van der Waals surface area contributed by atoms with Crippen LogP contribution in [0.2, 0.25) is 0 Å². The maximum Gasteiger partial charge on any atom is 0.258 e. The maximum atomic E-state index is 12.8. The molecule has 5 nitrogen and oxygen atoms in total. The van der Waals surface area contributed by atoms with Crippen LogP contribution in [0.1, 0.15) is 23.0 Å². The number of aromatic nitrogens is 1. The van der Waals surface area contributed by atoms with E-state index in [1.54, 1.807) is 24.3 Å². The summed E-state index contributed by atoms with van der Waals surface area (Å²) in [5, 5.41) is 6.55. The summed E-state index contributed by atoms with van der Waals surface area (Å²) in [5.41, 5.74) is 3.88. The number of nitrogens with zero attached hydrogens (tertiary/aromatic N) is 1. The van der Waals surface area contributed by atoms with Gasteiger partial charge in [-0.15, -0.1) is 0 Å². The molecule has 122 valence electrons. The van der Waals surface area contributed by atoms with Crippen LogP contribution in [-0.4, -0.2) is 16.4 Å². The summed E-state index contributed by atoms with van der Waals surface area (Å²) in [4.78, 5) is 23.9. The fraction of sp³-hybridized carbons (Fsp3) is 0.158. The highest BCUT2D eigenvalue weighted by Gasteiger charge is 2.18. The Morgan fingerprint density at radius 3 is 2.33 bits per heavy atom. The lowest BCUT2D eigenvalue weighted by Crippen LogP contribution is -2.14. The van der Waals surface area contributed by atoms with Gasteiger partial charge in [-0.25, -0.2) is 0 Å². The molecule has 3 rings (SSSR count). The summed E-state index contributed by atoms with van der Waals surface area (Å²) in [6.07, 6.45) is 0. The second-order valence-corrected chi connectivity index (χ2v) is 5.75. The predicted molar refractivity (Wildman–Crippen MR) is 96.4 cm³/mol. The zero-order valence-electron chi connectivity index (χ0n) is 13.9. The van der Waals surface area contributed by atoms with E-state index in [4.69, 9.17) is 0 Å². The predicted octanol–water partition coefficient (Wildman–Crippen LogP) is 3.70. The standard InChI is InChI=1S/C19H19N3O2/c1-12-18(16-9-4-5-10-17(16)22(12)3)19(24)21-15-8-6-7-14(11-15)20-13(2)23/h4-11H,1-3H3,(H,20,23)(H,21,24). The summed E-state index contributed by atoms with van der Waals surface area (Å²) in [7, 11) is 1.95. The van der Waals surface area contributed by atoms with Crippen LogP contribution in [0.4, 0.5) is 11.4 Å². The number of hydrogen-bond acceptors (Lipinski definition) is 2. The number of carbonyl (C=O) groups excluding carboxylic acids is 2. The quantitative estimate of drug-likeness (QED) is 0.772. The van der Waals surface area contributed by atoms with Crippen molar-refractivity contribution >= 4 is 34.1 Å². The first kappa shape index (κ1) is 15.8. The summed E-state index contributed by atoms with van der Waals surface area (Å²) in [6, 6.07) is 14.9. The van der Waals surface area contributed by atoms with E-state index >= 15 is 0 Å². The highest BCUT2D eigenvalue weighted by atomic mass is 16.2. The number of hydrogen-bond donors (Lipinski definition) is 2. The first-order valence-electron chi connectivity index (χ1n) is 7.70. The van der Waals surface area contributed by atoms with Crippen molar-refractivity contribution in [2.45, 2.75) is 13.8 Å². The van der Waals surface area contributed by atoms with E-state index in [0.29, 0.717) is 16.9 Å². The average molecular weight is 321 g/mol. The van der Waals surface area contributed by atoms with Crippen LogP contribution in [-0.2, 0) is 11.8 Å². The molecule has 0 bridgehead atoms. The fourth-order valence-corrected chi connectivity index (χ4v) is 2.88. The molecule has 0 spiro atoms. The molecule has 3 aromatic rings. The first-order valence-corrected chi connectivity index (χ1v) is 7.70. The van der Waals surface area contributed by atoms with Crippen LogP contribution in [0.3, 0.4) is 0 Å². The monoisotopic (exact) mass is 321 g/mol. The van der Waals surface area contributed by atoms with Gasteiger partial charge in [0.2, 0.25) is 5.91 Å². The SMILES string of the molecule is CC(=O)Nc1cccc(NC(=O)c2c(C)n(C)c3ccccc23)c1. The van der Waals surface area contributed by atoms with E-state index in [2.05, 4.69) is 10.6 Å². The van der Waals surface area contributed by atoms with Crippen molar-refractivity contribution in [2.24, 2.45) is 7.05 Å². The van der Waals surface area contributed by atoms with Gasteiger partial charge in [0.25, 0.3) is 5.91 Å². The van der Waals surface area contributed by atoms with Crippen molar-refractivity contribution in [2.75, 3.05) is 10.6 Å². The van der Waals surface area contributed by atoms with Crippen LogP contribution in [0, 0.1) is 6.92 Å². The van der Waals surface area contributed by atoms with E-state index in [0.717, 1.165) is 16.6 Å². The minimum atomic E-state index is -0.163. The number of benzene rings is 2. The van der Waals surface area contributed by atoms with Gasteiger partial charge in [-0.2, -0.15) is 0 Å². The van der Waals surface area contributed by atoms with Gasteiger partial charge in [0.1, 0.15) is 0 Å². The van der Waals surface area contributed by atoms with Gasteiger partial charge in [0.05, 0.1) is 5.56 Å². The molecule has 0 aliphatic carbocycles. The minimum Gasteiger partial charge on any atom is -0.347 e. The number of nitrogens with one attached hydrogen (secondary N) is 2. The maximum absolute atomic E-state index is 12.8. The van der Waals surface area contributed by atoms with E-state index in [-0.39, 0.29) is 11.8 Å². The van der Waals surface area contributed by atoms with Crippen LogP contribution >= 0.6 is 0 Å². The van der Waals surface area contributed by atoms with Crippen molar-refractivity contribution in [3.8, 4) is 0 Å². The molecule has 0 saturated heterocycles. The molecule has 2 amide bonds. The molecule has 2 aromatic carbocycles. The Morgan fingerprint density at radius 2 is 1.62 bits per heavy atom. The molecular formula is C19H19N3O2.